The summed E-state index contributed by atoms with van der Waals surface area (Å²) in [4.78, 5) is 8.80. The van der Waals surface area contributed by atoms with Crippen molar-refractivity contribution in [3.8, 4) is 5.88 Å². The van der Waals surface area contributed by atoms with E-state index in [1.165, 1.54) is 0 Å². The Morgan fingerprint density at radius 3 is 2.90 bits per heavy atom. The molecule has 0 saturated carbocycles. The maximum Gasteiger partial charge on any atom is 0.239 e. The van der Waals surface area contributed by atoms with Crippen molar-refractivity contribution < 1.29 is 4.74 Å². The summed E-state index contributed by atoms with van der Waals surface area (Å²) in [6, 6.07) is 3.68. The van der Waals surface area contributed by atoms with Crippen LogP contribution < -0.4 is 15.8 Å². The first kappa shape index (κ1) is 14.6. The molecule has 0 unspecified atom stereocenters. The Morgan fingerprint density at radius 2 is 2.20 bits per heavy atom. The fourth-order valence-electron chi connectivity index (χ4n) is 1.68. The molecular weight excluding hydrogens is 272 g/mol. The van der Waals surface area contributed by atoms with Crippen LogP contribution in [0.25, 0.3) is 0 Å². The lowest BCUT2D eigenvalue weighted by Crippen LogP contribution is -2.08. The average molecular weight is 292 g/mol. The molecule has 108 valence electrons. The zero-order valence-corrected chi connectivity index (χ0v) is 12.7. The number of anilines is 2. The summed E-state index contributed by atoms with van der Waals surface area (Å²) in [6.07, 6.45) is 1.82. The fraction of sp³-hybridized carbons (Fsp3) is 0.429. The predicted molar refractivity (Wildman–Crippen MR) is 83.5 cm³/mol. The molecule has 0 aromatic carbocycles. The first-order valence-corrected chi connectivity index (χ1v) is 7.61. The molecule has 3 N–H and O–H groups in total. The molecule has 2 aromatic heterocycles. The largest absolute Gasteiger partial charge is 0.476 e. The molecule has 0 amide bonds. The number of hydrogen-bond donors (Lipinski definition) is 2. The SMILES string of the molecule is CCCOc1nc(NCCc2nc(C)cs2)ccc1N. The van der Waals surface area contributed by atoms with Crippen LogP contribution in [0.1, 0.15) is 24.0 Å². The zero-order valence-electron chi connectivity index (χ0n) is 11.8. The van der Waals surface area contributed by atoms with Crippen molar-refractivity contribution in [1.29, 1.82) is 0 Å². The number of thiazole rings is 1. The highest BCUT2D eigenvalue weighted by Gasteiger charge is 2.04. The molecule has 0 aliphatic rings. The molecule has 0 aliphatic carbocycles. The van der Waals surface area contributed by atoms with Gasteiger partial charge >= 0.3 is 0 Å². The number of nitrogens with zero attached hydrogens (tertiary/aromatic N) is 2. The van der Waals surface area contributed by atoms with E-state index in [1.807, 2.05) is 26.0 Å². The van der Waals surface area contributed by atoms with E-state index in [2.05, 4.69) is 20.7 Å². The van der Waals surface area contributed by atoms with Gasteiger partial charge in [-0.05, 0) is 25.5 Å². The van der Waals surface area contributed by atoms with Crippen LogP contribution in [0, 0.1) is 6.92 Å². The number of aryl methyl sites for hydroxylation is 1. The molecule has 0 bridgehead atoms. The summed E-state index contributed by atoms with van der Waals surface area (Å²) >= 11 is 1.69. The van der Waals surface area contributed by atoms with Gasteiger partial charge in [0.25, 0.3) is 0 Å². The molecule has 0 saturated heterocycles. The van der Waals surface area contributed by atoms with Gasteiger partial charge in [-0.2, -0.15) is 4.98 Å². The Labute approximate surface area is 123 Å². The topological polar surface area (TPSA) is 73.1 Å². The van der Waals surface area contributed by atoms with Crippen molar-refractivity contribution >= 4 is 22.8 Å². The number of hydrogen-bond acceptors (Lipinski definition) is 6. The molecule has 2 aromatic rings. The third-order valence-corrected chi connectivity index (χ3v) is 3.67. The van der Waals surface area contributed by atoms with Gasteiger partial charge in [-0.3, -0.25) is 0 Å². The Morgan fingerprint density at radius 1 is 1.35 bits per heavy atom. The first-order chi connectivity index (χ1) is 9.69. The molecule has 2 heterocycles. The molecule has 0 spiro atoms. The van der Waals surface area contributed by atoms with Gasteiger partial charge in [0.2, 0.25) is 5.88 Å². The smallest absolute Gasteiger partial charge is 0.239 e. The first-order valence-electron chi connectivity index (χ1n) is 6.73. The molecule has 2 rings (SSSR count). The van der Waals surface area contributed by atoms with Gasteiger partial charge < -0.3 is 15.8 Å². The number of pyridine rings is 1. The fourth-order valence-corrected chi connectivity index (χ4v) is 2.45. The third-order valence-electron chi connectivity index (χ3n) is 2.64. The Kier molecular flexibility index (Phi) is 5.17. The van der Waals surface area contributed by atoms with Gasteiger partial charge in [-0.1, -0.05) is 6.92 Å². The number of nitrogens with one attached hydrogen (secondary N) is 1. The summed E-state index contributed by atoms with van der Waals surface area (Å²) in [5.74, 6) is 1.28. The van der Waals surface area contributed by atoms with Gasteiger partial charge in [0.15, 0.2) is 0 Å². The summed E-state index contributed by atoms with van der Waals surface area (Å²) in [5.41, 5.74) is 7.47. The number of nitrogens with two attached hydrogens (primary N) is 1. The van der Waals surface area contributed by atoms with E-state index in [4.69, 9.17) is 10.5 Å². The van der Waals surface area contributed by atoms with Gasteiger partial charge in [0, 0.05) is 24.0 Å². The number of nitrogen functional groups attached to an aromatic ring is 1. The molecule has 6 heteroatoms. The molecular formula is C14H20N4OS. The minimum absolute atomic E-state index is 0.502. The van der Waals surface area contributed by atoms with Crippen molar-refractivity contribution in [3.05, 3.63) is 28.2 Å². The summed E-state index contributed by atoms with van der Waals surface area (Å²) < 4.78 is 5.51. The molecule has 0 fully saturated rings. The second-order valence-corrected chi connectivity index (χ2v) is 5.44. The van der Waals surface area contributed by atoms with E-state index in [0.29, 0.717) is 18.2 Å². The van der Waals surface area contributed by atoms with E-state index in [0.717, 1.165) is 35.9 Å². The van der Waals surface area contributed by atoms with Crippen LogP contribution in [0.3, 0.4) is 0 Å². The Balaban J connectivity index is 1.89. The van der Waals surface area contributed by atoms with E-state index in [9.17, 15) is 0 Å². The van der Waals surface area contributed by atoms with E-state index in [1.54, 1.807) is 11.3 Å². The highest BCUT2D eigenvalue weighted by Crippen LogP contribution is 2.21. The lowest BCUT2D eigenvalue weighted by molar-refractivity contribution is 0.307. The zero-order chi connectivity index (χ0) is 14.4. The highest BCUT2D eigenvalue weighted by molar-refractivity contribution is 7.09. The second-order valence-electron chi connectivity index (χ2n) is 4.50. The van der Waals surface area contributed by atoms with Crippen LogP contribution in [-0.4, -0.2) is 23.1 Å². The second kappa shape index (κ2) is 7.09. The number of rotatable bonds is 7. The quantitative estimate of drug-likeness (QED) is 0.821. The third kappa shape index (κ3) is 4.09. The minimum atomic E-state index is 0.502. The lowest BCUT2D eigenvalue weighted by Gasteiger charge is -2.10. The van der Waals surface area contributed by atoms with Crippen LogP contribution >= 0.6 is 11.3 Å². The number of aromatic nitrogens is 2. The summed E-state index contributed by atoms with van der Waals surface area (Å²) in [7, 11) is 0. The van der Waals surface area contributed by atoms with Gasteiger partial charge in [0.05, 0.1) is 17.3 Å². The Hall–Kier alpha value is -1.82. The Bertz CT molecular complexity index is 556. The van der Waals surface area contributed by atoms with Crippen LogP contribution in [0.4, 0.5) is 11.5 Å². The van der Waals surface area contributed by atoms with Crippen molar-refractivity contribution in [2.24, 2.45) is 0 Å². The van der Waals surface area contributed by atoms with E-state index >= 15 is 0 Å². The van der Waals surface area contributed by atoms with Gasteiger partial charge in [-0.15, -0.1) is 11.3 Å². The molecule has 5 nitrogen and oxygen atoms in total. The number of ether oxygens (including phenoxy) is 1. The lowest BCUT2D eigenvalue weighted by atomic mass is 10.3. The highest BCUT2D eigenvalue weighted by atomic mass is 32.1. The van der Waals surface area contributed by atoms with Gasteiger partial charge in [-0.25, -0.2) is 4.98 Å². The predicted octanol–water partition coefficient (Wildman–Crippen LogP) is 2.87. The normalized spacial score (nSPS) is 10.5. The molecule has 20 heavy (non-hydrogen) atoms. The van der Waals surface area contributed by atoms with Crippen molar-refractivity contribution in [2.75, 3.05) is 24.2 Å². The minimum Gasteiger partial charge on any atom is -0.476 e. The van der Waals surface area contributed by atoms with Crippen molar-refractivity contribution in [2.45, 2.75) is 26.7 Å². The monoisotopic (exact) mass is 292 g/mol. The molecule has 0 aliphatic heterocycles. The van der Waals surface area contributed by atoms with E-state index in [-0.39, 0.29) is 0 Å². The molecule has 0 radical (unpaired) electrons. The van der Waals surface area contributed by atoms with Crippen LogP contribution in [0.15, 0.2) is 17.5 Å². The van der Waals surface area contributed by atoms with Gasteiger partial charge in [0.1, 0.15) is 5.82 Å². The van der Waals surface area contributed by atoms with Crippen LogP contribution in [0.5, 0.6) is 5.88 Å². The van der Waals surface area contributed by atoms with E-state index < -0.39 is 0 Å². The standard InChI is InChI=1S/C14H20N4OS/c1-3-8-19-14-11(15)4-5-12(18-14)16-7-6-13-17-10(2)9-20-13/h4-5,9H,3,6-8,15H2,1-2H3,(H,16,18). The van der Waals surface area contributed by atoms with Crippen molar-refractivity contribution in [3.63, 3.8) is 0 Å². The maximum absolute atomic E-state index is 5.83. The van der Waals surface area contributed by atoms with Crippen LogP contribution in [0.2, 0.25) is 0 Å². The summed E-state index contributed by atoms with van der Waals surface area (Å²) in [5, 5.41) is 6.46. The molecule has 0 atom stereocenters. The average Bonchev–Trinajstić information content (AvgIpc) is 2.85. The maximum atomic E-state index is 5.83. The van der Waals surface area contributed by atoms with Crippen LogP contribution in [-0.2, 0) is 6.42 Å². The summed E-state index contributed by atoms with van der Waals surface area (Å²) in [6.45, 7) is 5.47. The van der Waals surface area contributed by atoms with Crippen molar-refractivity contribution in [1.82, 2.24) is 9.97 Å².